The van der Waals surface area contributed by atoms with E-state index in [1.165, 1.54) is 23.9 Å². The minimum atomic E-state index is -2.91. The fourth-order valence-electron chi connectivity index (χ4n) is 2.23. The normalized spacial score (nSPS) is 11.5. The number of amides is 2. The standard InChI is InChI=1S/C20H18F2N4O3/c1-20(2,19(21)22)16(18(28)26-29)25-17(27)14-9-7-13(8-10-14)5-3-4-6-15-11-23-12-24-15/h7-12,16,19,29H,1-2H3,(H,23,24)(H,25,27)(H,26,28)/t16-/m1/s1. The van der Waals surface area contributed by atoms with Crippen molar-refractivity contribution in [1.82, 2.24) is 20.8 Å². The maximum atomic E-state index is 13.3. The van der Waals surface area contributed by atoms with E-state index in [0.717, 1.165) is 13.8 Å². The number of hydrogen-bond acceptors (Lipinski definition) is 4. The number of alkyl halides is 2. The van der Waals surface area contributed by atoms with Crippen LogP contribution in [-0.4, -0.2) is 39.5 Å². The summed E-state index contributed by atoms with van der Waals surface area (Å²) in [5.41, 5.74) is 0.676. The number of carbonyl (C=O) groups excluding carboxylic acids is 2. The van der Waals surface area contributed by atoms with Crippen LogP contribution in [0.1, 0.15) is 35.5 Å². The van der Waals surface area contributed by atoms with Crippen molar-refractivity contribution in [3.8, 4) is 23.7 Å². The topological polar surface area (TPSA) is 107 Å². The Bertz CT molecular complexity index is 979. The molecule has 2 aromatic rings. The van der Waals surface area contributed by atoms with Gasteiger partial charge in [-0.05, 0) is 42.0 Å². The first-order valence-electron chi connectivity index (χ1n) is 8.39. The van der Waals surface area contributed by atoms with Gasteiger partial charge in [-0.3, -0.25) is 14.8 Å². The average Bonchev–Trinajstić information content (AvgIpc) is 3.22. The van der Waals surface area contributed by atoms with Crippen LogP contribution in [-0.2, 0) is 4.79 Å². The molecule has 150 valence electrons. The first-order chi connectivity index (χ1) is 13.8. The van der Waals surface area contributed by atoms with Gasteiger partial charge in [0.15, 0.2) is 0 Å². The van der Waals surface area contributed by atoms with Crippen LogP contribution in [0, 0.1) is 29.1 Å². The van der Waals surface area contributed by atoms with Crippen LogP contribution in [0.5, 0.6) is 0 Å². The molecule has 29 heavy (non-hydrogen) atoms. The van der Waals surface area contributed by atoms with Crippen LogP contribution in [0.15, 0.2) is 36.8 Å². The van der Waals surface area contributed by atoms with Crippen LogP contribution in [0.25, 0.3) is 0 Å². The Morgan fingerprint density at radius 3 is 2.38 bits per heavy atom. The Hall–Kier alpha value is -3.69. The van der Waals surface area contributed by atoms with Gasteiger partial charge >= 0.3 is 0 Å². The number of nitrogens with one attached hydrogen (secondary N) is 3. The summed E-state index contributed by atoms with van der Waals surface area (Å²) in [7, 11) is 0. The number of imidazole rings is 1. The molecule has 4 N–H and O–H groups in total. The second kappa shape index (κ2) is 9.49. The van der Waals surface area contributed by atoms with Gasteiger partial charge in [-0.15, -0.1) is 0 Å². The van der Waals surface area contributed by atoms with Crippen LogP contribution < -0.4 is 10.8 Å². The Morgan fingerprint density at radius 2 is 1.83 bits per heavy atom. The lowest BCUT2D eigenvalue weighted by Crippen LogP contribution is -2.56. The first-order valence-corrected chi connectivity index (χ1v) is 8.39. The summed E-state index contributed by atoms with van der Waals surface area (Å²) in [6, 6.07) is 4.33. The third kappa shape index (κ3) is 5.64. The molecule has 0 saturated heterocycles. The first kappa shape index (κ1) is 21.6. The lowest BCUT2D eigenvalue weighted by molar-refractivity contribution is -0.137. The second-order valence-electron chi connectivity index (χ2n) is 6.54. The third-order valence-corrected chi connectivity index (χ3v) is 4.06. The predicted molar refractivity (Wildman–Crippen MR) is 99.8 cm³/mol. The van der Waals surface area contributed by atoms with Crippen molar-refractivity contribution in [2.24, 2.45) is 5.41 Å². The van der Waals surface area contributed by atoms with Crippen molar-refractivity contribution in [3.63, 3.8) is 0 Å². The van der Waals surface area contributed by atoms with E-state index in [0.29, 0.717) is 11.3 Å². The fourth-order valence-corrected chi connectivity index (χ4v) is 2.23. The number of aromatic amines is 1. The Balaban J connectivity index is 2.10. The number of carbonyl (C=O) groups is 2. The zero-order chi connectivity index (χ0) is 21.4. The molecule has 2 rings (SSSR count). The quantitative estimate of drug-likeness (QED) is 0.348. The zero-order valence-electron chi connectivity index (χ0n) is 15.6. The summed E-state index contributed by atoms with van der Waals surface area (Å²) in [5.74, 6) is 8.92. The van der Waals surface area contributed by atoms with Gasteiger partial charge < -0.3 is 10.3 Å². The van der Waals surface area contributed by atoms with Crippen molar-refractivity contribution in [2.75, 3.05) is 0 Å². The molecule has 0 aliphatic rings. The highest BCUT2D eigenvalue weighted by molar-refractivity contribution is 5.97. The van der Waals surface area contributed by atoms with Crippen molar-refractivity contribution in [2.45, 2.75) is 26.3 Å². The lowest BCUT2D eigenvalue weighted by Gasteiger charge is -2.32. The SMILES string of the molecule is CC(C)(C(F)F)[C@H](NC(=O)c1ccc(C#CC#Cc2c[nH]cn2)cc1)C(=O)NO. The Kier molecular flexibility index (Phi) is 7.07. The van der Waals surface area contributed by atoms with Gasteiger partial charge in [0.25, 0.3) is 11.8 Å². The molecule has 2 amide bonds. The molecule has 1 aromatic carbocycles. The molecule has 0 fully saturated rings. The van der Waals surface area contributed by atoms with E-state index in [-0.39, 0.29) is 5.56 Å². The summed E-state index contributed by atoms with van der Waals surface area (Å²) < 4.78 is 26.5. The lowest BCUT2D eigenvalue weighted by atomic mass is 9.84. The number of nitrogens with zero attached hydrogens (tertiary/aromatic N) is 1. The minimum Gasteiger partial charge on any atom is -0.350 e. The van der Waals surface area contributed by atoms with Crippen molar-refractivity contribution in [1.29, 1.82) is 0 Å². The maximum absolute atomic E-state index is 13.3. The molecular formula is C20H18F2N4O3. The predicted octanol–water partition coefficient (Wildman–Crippen LogP) is 1.71. The summed E-state index contributed by atoms with van der Waals surface area (Å²) in [5, 5.41) is 11.0. The number of halogens is 2. The molecule has 1 aromatic heterocycles. The number of aromatic nitrogens is 2. The van der Waals surface area contributed by atoms with Crippen LogP contribution in [0.3, 0.4) is 0 Å². The molecule has 0 bridgehead atoms. The van der Waals surface area contributed by atoms with Gasteiger partial charge in [0.2, 0.25) is 6.43 Å². The highest BCUT2D eigenvalue weighted by atomic mass is 19.3. The van der Waals surface area contributed by atoms with E-state index in [1.54, 1.807) is 18.3 Å². The van der Waals surface area contributed by atoms with E-state index in [1.807, 2.05) is 0 Å². The summed E-state index contributed by atoms with van der Waals surface area (Å²) in [6.07, 6.45) is 0.213. The number of H-pyrrole nitrogens is 1. The summed E-state index contributed by atoms with van der Waals surface area (Å²) >= 11 is 0. The van der Waals surface area contributed by atoms with Crippen molar-refractivity contribution < 1.29 is 23.6 Å². The molecule has 0 aliphatic heterocycles. The van der Waals surface area contributed by atoms with E-state index in [9.17, 15) is 18.4 Å². The highest BCUT2D eigenvalue weighted by Crippen LogP contribution is 2.29. The van der Waals surface area contributed by atoms with E-state index >= 15 is 0 Å². The fraction of sp³-hybridized carbons (Fsp3) is 0.250. The van der Waals surface area contributed by atoms with Gasteiger partial charge in [0, 0.05) is 17.3 Å². The Labute approximate surface area is 165 Å². The van der Waals surface area contributed by atoms with Gasteiger partial charge in [-0.2, -0.15) is 0 Å². The highest BCUT2D eigenvalue weighted by Gasteiger charge is 2.43. The summed E-state index contributed by atoms with van der Waals surface area (Å²) in [4.78, 5) is 30.8. The van der Waals surface area contributed by atoms with Crippen LogP contribution >= 0.6 is 0 Å². The Morgan fingerprint density at radius 1 is 1.17 bits per heavy atom. The van der Waals surface area contributed by atoms with Crippen LogP contribution in [0.4, 0.5) is 8.78 Å². The van der Waals surface area contributed by atoms with E-state index in [4.69, 9.17) is 5.21 Å². The number of rotatable bonds is 5. The maximum Gasteiger partial charge on any atom is 0.266 e. The van der Waals surface area contributed by atoms with Crippen molar-refractivity contribution >= 4 is 11.8 Å². The molecule has 0 spiro atoms. The number of benzene rings is 1. The average molecular weight is 400 g/mol. The molecule has 1 heterocycles. The molecule has 0 saturated carbocycles. The number of hydroxylamine groups is 1. The molecule has 0 aliphatic carbocycles. The summed E-state index contributed by atoms with van der Waals surface area (Å²) in [6.45, 7) is 2.22. The van der Waals surface area contributed by atoms with Gasteiger partial charge in [0.1, 0.15) is 11.7 Å². The second-order valence-corrected chi connectivity index (χ2v) is 6.54. The molecule has 1 atom stereocenters. The minimum absolute atomic E-state index is 0.138. The zero-order valence-corrected chi connectivity index (χ0v) is 15.6. The molecule has 0 unspecified atom stereocenters. The largest absolute Gasteiger partial charge is 0.350 e. The van der Waals surface area contributed by atoms with Crippen molar-refractivity contribution in [3.05, 3.63) is 53.6 Å². The third-order valence-electron chi connectivity index (χ3n) is 4.06. The van der Waals surface area contributed by atoms with Gasteiger partial charge in [0.05, 0.1) is 11.7 Å². The van der Waals surface area contributed by atoms with Crippen LogP contribution in [0.2, 0.25) is 0 Å². The van der Waals surface area contributed by atoms with Gasteiger partial charge in [-0.1, -0.05) is 19.8 Å². The molecule has 7 nitrogen and oxygen atoms in total. The number of hydrogen-bond donors (Lipinski definition) is 4. The molecular weight excluding hydrogens is 382 g/mol. The smallest absolute Gasteiger partial charge is 0.266 e. The monoisotopic (exact) mass is 400 g/mol. The van der Waals surface area contributed by atoms with E-state index in [2.05, 4.69) is 39.0 Å². The van der Waals surface area contributed by atoms with Gasteiger partial charge in [-0.25, -0.2) is 19.2 Å². The molecule has 0 radical (unpaired) electrons. The molecule has 9 heteroatoms. The van der Waals surface area contributed by atoms with E-state index < -0.39 is 29.7 Å².